The smallest absolute Gasteiger partial charge is 0.243 e. The molecule has 1 amide bonds. The summed E-state index contributed by atoms with van der Waals surface area (Å²) in [5.41, 5.74) is 2.56. The number of carbonyl (C=O) groups is 1. The number of hydrogen-bond donors (Lipinski definition) is 2. The van der Waals surface area contributed by atoms with Crippen molar-refractivity contribution in [3.8, 4) is 0 Å². The highest BCUT2D eigenvalue weighted by molar-refractivity contribution is 9.10. The Morgan fingerprint density at radius 1 is 1.15 bits per heavy atom. The number of hydrogen-bond acceptors (Lipinski definition) is 2. The minimum absolute atomic E-state index is 0.146. The summed E-state index contributed by atoms with van der Waals surface area (Å²) in [5.74, 6) is -0.515. The molecule has 0 saturated heterocycles. The van der Waals surface area contributed by atoms with Gasteiger partial charge in [0.2, 0.25) is 5.91 Å². The molecule has 0 heterocycles. The Balaban J connectivity index is 1.88. The topological polar surface area (TPSA) is 41.1 Å². The molecule has 2 aromatic rings. The van der Waals surface area contributed by atoms with E-state index < -0.39 is 0 Å². The van der Waals surface area contributed by atoms with E-state index in [0.717, 1.165) is 15.7 Å². The van der Waals surface area contributed by atoms with Crippen molar-refractivity contribution in [2.75, 3.05) is 17.2 Å². The molecule has 0 saturated carbocycles. The number of benzene rings is 2. The first kappa shape index (κ1) is 14.5. The minimum atomic E-state index is -0.328. The fourth-order valence-corrected chi connectivity index (χ4v) is 2.00. The summed E-state index contributed by atoms with van der Waals surface area (Å²) in [4.78, 5) is 11.7. The Bertz CT molecular complexity index is 614. The van der Waals surface area contributed by atoms with E-state index in [0.29, 0.717) is 5.69 Å². The first-order valence-corrected chi connectivity index (χ1v) is 6.89. The Hall–Kier alpha value is -1.88. The molecule has 0 aliphatic heterocycles. The lowest BCUT2D eigenvalue weighted by molar-refractivity contribution is -0.114. The van der Waals surface area contributed by atoms with Crippen LogP contribution in [0.15, 0.2) is 46.9 Å². The van der Waals surface area contributed by atoms with Gasteiger partial charge in [0, 0.05) is 15.8 Å². The molecular formula is C15H14BrFN2O. The molecule has 0 unspecified atom stereocenters. The molecule has 0 aliphatic rings. The summed E-state index contributed by atoms with van der Waals surface area (Å²) >= 11 is 3.44. The molecule has 5 heteroatoms. The maximum atomic E-state index is 12.7. The summed E-state index contributed by atoms with van der Waals surface area (Å²) in [6.45, 7) is 2.14. The molecule has 0 aliphatic carbocycles. The third-order valence-electron chi connectivity index (χ3n) is 2.75. The van der Waals surface area contributed by atoms with E-state index >= 15 is 0 Å². The molecule has 2 rings (SSSR count). The largest absolute Gasteiger partial charge is 0.376 e. The SMILES string of the molecule is Cc1ccc(NCC(=O)Nc2ccc(F)cc2)cc1Br. The van der Waals surface area contributed by atoms with Gasteiger partial charge >= 0.3 is 0 Å². The van der Waals surface area contributed by atoms with Gasteiger partial charge in [-0.1, -0.05) is 22.0 Å². The highest BCUT2D eigenvalue weighted by Gasteiger charge is 2.03. The molecule has 104 valence electrons. The fourth-order valence-electron chi connectivity index (χ4n) is 1.62. The Labute approximate surface area is 125 Å². The van der Waals surface area contributed by atoms with Crippen molar-refractivity contribution in [3.05, 3.63) is 58.3 Å². The molecule has 0 spiro atoms. The summed E-state index contributed by atoms with van der Waals surface area (Å²) in [7, 11) is 0. The number of aryl methyl sites for hydroxylation is 1. The van der Waals surface area contributed by atoms with Crippen molar-refractivity contribution in [2.45, 2.75) is 6.92 Å². The summed E-state index contributed by atoms with van der Waals surface area (Å²) < 4.78 is 13.7. The quantitative estimate of drug-likeness (QED) is 0.887. The third-order valence-corrected chi connectivity index (χ3v) is 3.61. The van der Waals surface area contributed by atoms with E-state index in [1.54, 1.807) is 0 Å². The van der Waals surface area contributed by atoms with Gasteiger partial charge in [-0.3, -0.25) is 4.79 Å². The van der Waals surface area contributed by atoms with E-state index in [2.05, 4.69) is 26.6 Å². The van der Waals surface area contributed by atoms with Crippen LogP contribution < -0.4 is 10.6 Å². The van der Waals surface area contributed by atoms with E-state index in [1.807, 2.05) is 25.1 Å². The van der Waals surface area contributed by atoms with Gasteiger partial charge in [0.1, 0.15) is 5.82 Å². The summed E-state index contributed by atoms with van der Waals surface area (Å²) in [6.07, 6.45) is 0. The van der Waals surface area contributed by atoms with Crippen molar-refractivity contribution in [1.82, 2.24) is 0 Å². The normalized spacial score (nSPS) is 10.2. The summed E-state index contributed by atoms with van der Waals surface area (Å²) in [6, 6.07) is 11.4. The van der Waals surface area contributed by atoms with Crippen LogP contribution in [0, 0.1) is 12.7 Å². The van der Waals surface area contributed by atoms with Crippen LogP contribution in [-0.2, 0) is 4.79 Å². The van der Waals surface area contributed by atoms with Gasteiger partial charge < -0.3 is 10.6 Å². The van der Waals surface area contributed by atoms with E-state index in [-0.39, 0.29) is 18.3 Å². The lowest BCUT2D eigenvalue weighted by Crippen LogP contribution is -2.21. The first-order valence-electron chi connectivity index (χ1n) is 6.10. The van der Waals surface area contributed by atoms with Crippen LogP contribution in [0.5, 0.6) is 0 Å². The van der Waals surface area contributed by atoms with Gasteiger partial charge in [0.15, 0.2) is 0 Å². The Morgan fingerprint density at radius 3 is 2.45 bits per heavy atom. The van der Waals surface area contributed by atoms with E-state index in [9.17, 15) is 9.18 Å². The maximum absolute atomic E-state index is 12.7. The third kappa shape index (κ3) is 4.06. The monoisotopic (exact) mass is 336 g/mol. The van der Waals surface area contributed by atoms with E-state index in [1.165, 1.54) is 24.3 Å². The molecule has 2 N–H and O–H groups in total. The zero-order chi connectivity index (χ0) is 14.5. The molecule has 20 heavy (non-hydrogen) atoms. The predicted molar refractivity (Wildman–Crippen MR) is 82.4 cm³/mol. The first-order chi connectivity index (χ1) is 9.54. The number of halogens is 2. The maximum Gasteiger partial charge on any atom is 0.243 e. The zero-order valence-corrected chi connectivity index (χ0v) is 12.5. The zero-order valence-electron chi connectivity index (χ0n) is 10.9. The highest BCUT2D eigenvalue weighted by Crippen LogP contribution is 2.20. The van der Waals surface area contributed by atoms with Crippen LogP contribution in [0.4, 0.5) is 15.8 Å². The lowest BCUT2D eigenvalue weighted by atomic mass is 10.2. The fraction of sp³-hybridized carbons (Fsp3) is 0.133. The van der Waals surface area contributed by atoms with Crippen molar-refractivity contribution < 1.29 is 9.18 Å². The van der Waals surface area contributed by atoms with Crippen molar-refractivity contribution in [2.24, 2.45) is 0 Å². The molecular weight excluding hydrogens is 323 g/mol. The van der Waals surface area contributed by atoms with E-state index in [4.69, 9.17) is 0 Å². The van der Waals surface area contributed by atoms with Gasteiger partial charge in [-0.25, -0.2) is 4.39 Å². The van der Waals surface area contributed by atoms with Gasteiger partial charge in [-0.15, -0.1) is 0 Å². The van der Waals surface area contributed by atoms with Crippen molar-refractivity contribution >= 4 is 33.2 Å². The van der Waals surface area contributed by atoms with Crippen LogP contribution in [0.2, 0.25) is 0 Å². The lowest BCUT2D eigenvalue weighted by Gasteiger charge is -2.09. The Kier molecular flexibility index (Phi) is 4.74. The van der Waals surface area contributed by atoms with Gasteiger partial charge in [-0.05, 0) is 48.9 Å². The van der Waals surface area contributed by atoms with Crippen LogP contribution in [0.1, 0.15) is 5.56 Å². The number of anilines is 2. The average Bonchev–Trinajstić information content (AvgIpc) is 2.43. The van der Waals surface area contributed by atoms with Crippen molar-refractivity contribution in [3.63, 3.8) is 0 Å². The Morgan fingerprint density at radius 2 is 1.80 bits per heavy atom. The second-order valence-electron chi connectivity index (χ2n) is 4.37. The van der Waals surface area contributed by atoms with Gasteiger partial charge in [-0.2, -0.15) is 0 Å². The van der Waals surface area contributed by atoms with Crippen LogP contribution >= 0.6 is 15.9 Å². The van der Waals surface area contributed by atoms with Crippen molar-refractivity contribution in [1.29, 1.82) is 0 Å². The second kappa shape index (κ2) is 6.52. The molecule has 0 aromatic heterocycles. The molecule has 0 radical (unpaired) electrons. The number of nitrogens with one attached hydrogen (secondary N) is 2. The second-order valence-corrected chi connectivity index (χ2v) is 5.23. The summed E-state index contributed by atoms with van der Waals surface area (Å²) in [5, 5.41) is 5.71. The molecule has 0 atom stereocenters. The number of carbonyl (C=O) groups excluding carboxylic acids is 1. The van der Waals surface area contributed by atoms with Gasteiger partial charge in [0.05, 0.1) is 6.54 Å². The average molecular weight is 337 g/mol. The van der Waals surface area contributed by atoms with Crippen LogP contribution in [-0.4, -0.2) is 12.5 Å². The number of rotatable bonds is 4. The number of amides is 1. The highest BCUT2D eigenvalue weighted by atomic mass is 79.9. The van der Waals surface area contributed by atoms with Gasteiger partial charge in [0.25, 0.3) is 0 Å². The predicted octanol–water partition coefficient (Wildman–Crippen LogP) is 3.95. The van der Waals surface area contributed by atoms with Crippen LogP contribution in [0.3, 0.4) is 0 Å². The van der Waals surface area contributed by atoms with Crippen LogP contribution in [0.25, 0.3) is 0 Å². The standard InChI is InChI=1S/C15H14BrFN2O/c1-10-2-5-13(8-14(10)16)18-9-15(20)19-12-6-3-11(17)4-7-12/h2-8,18H,9H2,1H3,(H,19,20). The molecule has 3 nitrogen and oxygen atoms in total. The minimum Gasteiger partial charge on any atom is -0.376 e. The molecule has 0 bridgehead atoms. The molecule has 2 aromatic carbocycles. The molecule has 0 fully saturated rings.